The molecule has 1 aromatic carbocycles. The average Bonchev–Trinajstić information content (AvgIpc) is 3.03. The fourth-order valence-electron chi connectivity index (χ4n) is 4.18. The van der Waals surface area contributed by atoms with Crippen LogP contribution in [-0.2, 0) is 20.4 Å². The molecule has 0 spiro atoms. The van der Waals surface area contributed by atoms with Crippen LogP contribution in [0.25, 0.3) is 0 Å². The van der Waals surface area contributed by atoms with Crippen molar-refractivity contribution in [2.45, 2.75) is 42.1 Å². The number of hydrogen-bond acceptors (Lipinski definition) is 0. The second-order valence-corrected chi connectivity index (χ2v) is 12.5. The number of allylic oxidation sites excluding steroid dienone is 4. The zero-order chi connectivity index (χ0) is 13.5. The van der Waals surface area contributed by atoms with Crippen LogP contribution in [-0.4, -0.2) is 8.07 Å². The molecule has 1 fully saturated rings. The summed E-state index contributed by atoms with van der Waals surface area (Å²) in [6, 6.07) is 14.4. The van der Waals surface area contributed by atoms with Gasteiger partial charge in [-0.25, -0.2) is 0 Å². The molecule has 0 amide bonds. The minimum atomic E-state index is -1.46. The Labute approximate surface area is 165 Å². The monoisotopic (exact) mass is 406 g/mol. The van der Waals surface area contributed by atoms with Crippen molar-refractivity contribution in [3.63, 3.8) is 0 Å². The fraction of sp³-hybridized carbons (Fsp3) is 0.412. The Morgan fingerprint density at radius 2 is 1.32 bits per heavy atom. The molecule has 0 radical (unpaired) electrons. The summed E-state index contributed by atoms with van der Waals surface area (Å²) in [5, 5.41) is 1.68. The zero-order valence-corrected chi connectivity index (χ0v) is 17.8. The molecule has 1 aromatic rings. The molecule has 2 aliphatic rings. The predicted molar refractivity (Wildman–Crippen MR) is 80.9 cm³/mol. The third-order valence-electron chi connectivity index (χ3n) is 5.27. The van der Waals surface area contributed by atoms with Crippen molar-refractivity contribution >= 4 is 13.3 Å². The first-order valence-electron chi connectivity index (χ1n) is 7.28. The summed E-state index contributed by atoms with van der Waals surface area (Å²) in [5.74, 6) is 0. The topological polar surface area (TPSA) is 0 Å². The Kier molecular flexibility index (Phi) is 8.75. The zero-order valence-electron chi connectivity index (χ0n) is 13.0. The molecule has 0 N–H and O–H groups in total. The molecular formula is C17H21Cl3SiTi. The Morgan fingerprint density at radius 3 is 1.77 bits per heavy atom. The second kappa shape index (κ2) is 8.56. The summed E-state index contributed by atoms with van der Waals surface area (Å²) >= 11 is 2.53. The molecule has 0 unspecified atom stereocenters. The maximum absolute atomic E-state index is 2.53. The van der Waals surface area contributed by atoms with E-state index >= 15 is 0 Å². The smallest absolute Gasteiger partial charge is 1.00 e. The molecule has 1 aliphatic carbocycles. The normalized spacial score (nSPS) is 20.9. The van der Waals surface area contributed by atoms with E-state index in [-0.39, 0.29) is 37.2 Å². The molecule has 118 valence electrons. The quantitative estimate of drug-likeness (QED) is 0.433. The minimum Gasteiger partial charge on any atom is -1.00 e. The summed E-state index contributed by atoms with van der Waals surface area (Å²) in [5.41, 5.74) is 3.20. The van der Waals surface area contributed by atoms with Crippen LogP contribution in [0, 0.1) is 0 Å². The molecule has 0 saturated carbocycles. The van der Waals surface area contributed by atoms with E-state index in [0.29, 0.717) is 3.34 Å². The van der Waals surface area contributed by atoms with Crippen molar-refractivity contribution in [2.75, 3.05) is 0 Å². The fourth-order valence-corrected chi connectivity index (χ4v) is 12.5. The number of hydrogen-bond donors (Lipinski definition) is 0. The van der Waals surface area contributed by atoms with Gasteiger partial charge in [0.05, 0.1) is 0 Å². The summed E-state index contributed by atoms with van der Waals surface area (Å²) in [7, 11) is -1.46. The van der Waals surface area contributed by atoms with Crippen LogP contribution in [0.1, 0.15) is 26.7 Å². The van der Waals surface area contributed by atoms with Gasteiger partial charge in [-0.15, -0.1) is 0 Å². The number of benzene rings is 1. The Morgan fingerprint density at radius 1 is 0.864 bits per heavy atom. The number of halogens is 3. The van der Waals surface area contributed by atoms with Gasteiger partial charge in [-0.2, -0.15) is 0 Å². The van der Waals surface area contributed by atoms with E-state index in [1.807, 2.05) is 0 Å². The van der Waals surface area contributed by atoms with Crippen molar-refractivity contribution in [1.82, 2.24) is 0 Å². The molecule has 3 rings (SSSR count). The maximum atomic E-state index is 2.53. The SMILES string of the molecule is CC1=CC=C(C)[C]1([Ti+3])[Si]1(c2ccccc2)CCCC1.[Cl-].[Cl-].[Cl-]. The van der Waals surface area contributed by atoms with Crippen molar-refractivity contribution in [2.24, 2.45) is 0 Å². The van der Waals surface area contributed by atoms with Gasteiger partial charge in [0.1, 0.15) is 0 Å². The van der Waals surface area contributed by atoms with Gasteiger partial charge < -0.3 is 37.2 Å². The molecular weight excluding hydrogens is 386 g/mol. The molecule has 0 bridgehead atoms. The Hall–Kier alpha value is 0.501. The van der Waals surface area contributed by atoms with Gasteiger partial charge in [0.2, 0.25) is 0 Å². The standard InChI is InChI=1S/C17H21Si.3ClH.Ti/c1-14-10-11-15(2)17(14)18(12-6-7-13-18)16-8-4-3-5-9-16;;;;/h3-5,8-11H,6-7,12-13H2,1-2H3;3*1H;/q;;;;+3/p-3. The van der Waals surface area contributed by atoms with E-state index in [0.717, 1.165) is 0 Å². The van der Waals surface area contributed by atoms with Crippen molar-refractivity contribution in [3.8, 4) is 0 Å². The average molecular weight is 408 g/mol. The Balaban J connectivity index is 0.00000147. The van der Waals surface area contributed by atoms with Gasteiger partial charge in [0, 0.05) is 0 Å². The Bertz CT molecular complexity index is 530. The van der Waals surface area contributed by atoms with Crippen molar-refractivity contribution in [1.29, 1.82) is 0 Å². The first kappa shape index (κ1) is 22.5. The maximum Gasteiger partial charge on any atom is -1.00 e. The van der Waals surface area contributed by atoms with Gasteiger partial charge in [0.25, 0.3) is 0 Å². The van der Waals surface area contributed by atoms with E-state index < -0.39 is 8.07 Å². The second-order valence-electron chi connectivity index (χ2n) is 6.10. The van der Waals surface area contributed by atoms with Gasteiger partial charge >= 0.3 is 129 Å². The van der Waals surface area contributed by atoms with E-state index in [1.165, 1.54) is 24.9 Å². The third kappa shape index (κ3) is 3.18. The molecule has 1 saturated heterocycles. The molecule has 1 heterocycles. The van der Waals surface area contributed by atoms with Crippen LogP contribution >= 0.6 is 0 Å². The van der Waals surface area contributed by atoms with E-state index in [2.05, 4.69) is 76.8 Å². The van der Waals surface area contributed by atoms with Crippen LogP contribution in [0.5, 0.6) is 0 Å². The predicted octanol–water partition coefficient (Wildman–Crippen LogP) is -4.70. The van der Waals surface area contributed by atoms with Crippen LogP contribution in [0.3, 0.4) is 0 Å². The number of rotatable bonds is 2. The molecule has 0 aromatic heterocycles. The van der Waals surface area contributed by atoms with Crippen LogP contribution < -0.4 is 42.4 Å². The summed E-state index contributed by atoms with van der Waals surface area (Å²) in [6.07, 6.45) is 7.59. The minimum absolute atomic E-state index is 0. The molecule has 0 nitrogen and oxygen atoms in total. The van der Waals surface area contributed by atoms with Crippen molar-refractivity contribution < 1.29 is 57.7 Å². The van der Waals surface area contributed by atoms with Gasteiger partial charge in [-0.05, 0) is 0 Å². The third-order valence-corrected chi connectivity index (χ3v) is 14.8. The van der Waals surface area contributed by atoms with E-state index in [4.69, 9.17) is 0 Å². The largest absolute Gasteiger partial charge is 1.00 e. The first-order valence-corrected chi connectivity index (χ1v) is 10.5. The van der Waals surface area contributed by atoms with E-state index in [1.54, 1.807) is 16.3 Å². The summed E-state index contributed by atoms with van der Waals surface area (Å²) < 4.78 is 0.352. The first-order chi connectivity index (χ1) is 9.11. The van der Waals surface area contributed by atoms with E-state index in [9.17, 15) is 0 Å². The van der Waals surface area contributed by atoms with Crippen molar-refractivity contribution in [3.05, 3.63) is 53.6 Å². The molecule has 1 aliphatic heterocycles. The molecule has 5 heteroatoms. The van der Waals surface area contributed by atoms with Gasteiger partial charge in [0.15, 0.2) is 0 Å². The van der Waals surface area contributed by atoms with Crippen LogP contribution in [0.4, 0.5) is 0 Å². The van der Waals surface area contributed by atoms with Gasteiger partial charge in [-0.1, -0.05) is 0 Å². The van der Waals surface area contributed by atoms with Gasteiger partial charge in [-0.3, -0.25) is 0 Å². The summed E-state index contributed by atoms with van der Waals surface area (Å²) in [6.45, 7) is 4.70. The summed E-state index contributed by atoms with van der Waals surface area (Å²) in [4.78, 5) is 0. The van der Waals surface area contributed by atoms with Crippen LogP contribution in [0.2, 0.25) is 15.4 Å². The van der Waals surface area contributed by atoms with Crippen LogP contribution in [0.15, 0.2) is 53.6 Å². The molecule has 22 heavy (non-hydrogen) atoms. The molecule has 0 atom stereocenters.